The molecule has 0 spiro atoms. The fourth-order valence-corrected chi connectivity index (χ4v) is 15.3. The lowest BCUT2D eigenvalue weighted by atomic mass is 9.89. The topological polar surface area (TPSA) is 553 Å². The molecule has 1 aliphatic heterocycles. The van der Waals surface area contributed by atoms with Crippen molar-refractivity contribution in [3.63, 3.8) is 0 Å². The molecule has 38 heteroatoms. The Hall–Kier alpha value is -13.0. The maximum Gasteiger partial charge on any atom is 0.399 e. The number of aromatic hydroxyl groups is 1. The molecule has 1 aliphatic carbocycles. The Morgan fingerprint density at radius 1 is 0.466 bits per heavy atom. The molecule has 9 rings (SSSR count). The maximum atomic E-state index is 14.3. The van der Waals surface area contributed by atoms with Crippen LogP contribution in [0.1, 0.15) is 179 Å². The Labute approximate surface area is 751 Å². The summed E-state index contributed by atoms with van der Waals surface area (Å²) in [4.78, 5) is 205. The number of alkyl halides is 4. The smallest absolute Gasteiger partial charge is 0.399 e. The average Bonchev–Trinajstić information content (AvgIpc) is 0.743. The number of carboxylic acids is 1. The average molecular weight is 1850 g/mol. The summed E-state index contributed by atoms with van der Waals surface area (Å²) in [7, 11) is -11.7. The molecule has 0 radical (unpaired) electrons. The highest BCUT2D eigenvalue weighted by Gasteiger charge is 2.51. The van der Waals surface area contributed by atoms with Gasteiger partial charge in [0.1, 0.15) is 29.2 Å². The van der Waals surface area contributed by atoms with Gasteiger partial charge >= 0.3 is 32.5 Å². The van der Waals surface area contributed by atoms with Gasteiger partial charge < -0.3 is 88.6 Å². The van der Waals surface area contributed by atoms with E-state index >= 15 is 0 Å². The number of hydrogen-bond donors (Lipinski definition) is 16. The molecule has 0 aromatic heterocycles. The van der Waals surface area contributed by atoms with E-state index in [9.17, 15) is 99.2 Å². The van der Waals surface area contributed by atoms with Crippen LogP contribution in [0.25, 0.3) is 33.4 Å². The number of hydrogen-bond acceptors (Lipinski definition) is 18. The number of aryl methyl sites for hydroxylation is 2. The first kappa shape index (κ1) is 103. The van der Waals surface area contributed by atoms with Gasteiger partial charge in [0.15, 0.2) is 17.0 Å². The number of fused-ring (bicyclic) bond motifs is 2. The van der Waals surface area contributed by atoms with Crippen molar-refractivity contribution >= 4 is 96.9 Å². The Balaban J connectivity index is 0.000000353. The molecule has 7 atom stereocenters. The first-order valence-corrected chi connectivity index (χ1v) is 45.4. The summed E-state index contributed by atoms with van der Waals surface area (Å²) < 4.78 is 85.5. The lowest BCUT2D eigenvalue weighted by Gasteiger charge is -2.24. The molecule has 7 aromatic rings. The van der Waals surface area contributed by atoms with Gasteiger partial charge in [-0.3, -0.25) is 66.7 Å². The number of nitrogens with two attached hydrogens (primary N) is 3. The van der Waals surface area contributed by atoms with Gasteiger partial charge in [-0.1, -0.05) is 130 Å². The Kier molecular flexibility index (Phi) is 37.6. The van der Waals surface area contributed by atoms with Crippen LogP contribution in [0.5, 0.6) is 5.75 Å². The zero-order valence-corrected chi connectivity index (χ0v) is 73.9. The normalized spacial score (nSPS) is 13.3. The van der Waals surface area contributed by atoms with Gasteiger partial charge in [0.25, 0.3) is 17.7 Å². The highest BCUT2D eigenvalue weighted by atomic mass is 31.2. The van der Waals surface area contributed by atoms with Crippen molar-refractivity contribution in [2.45, 2.75) is 172 Å². The zero-order chi connectivity index (χ0) is 96.2. The molecule has 0 saturated carbocycles. The Morgan fingerprint density at radius 2 is 0.901 bits per heavy atom. The molecule has 32 nitrogen and oxygen atoms in total. The summed E-state index contributed by atoms with van der Waals surface area (Å²) in [5.74, 6) is -10.2. The number of halogens is 4. The third-order valence-corrected chi connectivity index (χ3v) is 23.8. The van der Waals surface area contributed by atoms with Crippen molar-refractivity contribution < 1.29 is 118 Å². The first-order chi connectivity index (χ1) is 61.9. The van der Waals surface area contributed by atoms with Crippen LogP contribution in [0.2, 0.25) is 0 Å². The van der Waals surface area contributed by atoms with Crippen molar-refractivity contribution in [1.82, 2.24) is 37.2 Å². The summed E-state index contributed by atoms with van der Waals surface area (Å²) in [6.07, 6.45) is 2.89. The van der Waals surface area contributed by atoms with Crippen LogP contribution in [0, 0.1) is 11.8 Å². The molecule has 19 N–H and O–H groups in total. The third kappa shape index (κ3) is 29.8. The van der Waals surface area contributed by atoms with E-state index in [-0.39, 0.29) is 120 Å². The largest absolute Gasteiger partial charge is 0.508 e. The minimum atomic E-state index is -5.83. The number of aromatic carboxylic acids is 1. The second-order valence-electron chi connectivity index (χ2n) is 31.7. The minimum Gasteiger partial charge on any atom is -0.508 e. The lowest BCUT2D eigenvalue weighted by molar-refractivity contribution is -0.133. The zero-order valence-electron chi connectivity index (χ0n) is 72.2. The summed E-state index contributed by atoms with van der Waals surface area (Å²) in [6.45, 7) is 7.28. The molecule has 0 fully saturated rings. The molecular weight excluding hydrogens is 1750 g/mol. The van der Waals surface area contributed by atoms with Gasteiger partial charge in [0.05, 0.1) is 23.7 Å². The van der Waals surface area contributed by atoms with Crippen molar-refractivity contribution in [2.24, 2.45) is 29.0 Å². The monoisotopic (exact) mass is 1850 g/mol. The third-order valence-electron chi connectivity index (χ3n) is 21.8. The maximum absolute atomic E-state index is 14.3. The van der Waals surface area contributed by atoms with Crippen LogP contribution in [0.15, 0.2) is 191 Å². The van der Waals surface area contributed by atoms with Gasteiger partial charge in [0.2, 0.25) is 35.4 Å². The molecule has 2 aliphatic rings. The van der Waals surface area contributed by atoms with E-state index in [1.807, 2.05) is 38.1 Å². The van der Waals surface area contributed by atoms with Gasteiger partial charge in [0, 0.05) is 108 Å². The van der Waals surface area contributed by atoms with E-state index in [0.717, 1.165) is 78.1 Å². The molecule has 1 heterocycles. The van der Waals surface area contributed by atoms with Gasteiger partial charge in [-0.25, -0.2) is 4.79 Å². The highest BCUT2D eigenvalue weighted by molar-refractivity contribution is 7.53. The molecule has 7 unspecified atom stereocenters. The second-order valence-corrected chi connectivity index (χ2v) is 35.0. The van der Waals surface area contributed by atoms with Gasteiger partial charge in [-0.05, 0) is 184 Å². The molecule has 0 saturated heterocycles. The summed E-state index contributed by atoms with van der Waals surface area (Å²) in [5.41, 5.74) is 11.8. The Bertz CT molecular complexity index is 5710. The number of ketones is 2. The standard InChI is InChI=1S/C56H61F2N6O14P.C37H45F2N4O8P/c1-3-32-10-14-34(15-11-32)52(70)61-24-6-4-8-44(63-54(72)43(59)27-33-12-17-36(18-13-33)56(57,58)79(75,76)77)46(67)26-31(2)51(69)64-45(50(60)68)9-5-7-25-62-53(71)35-16-21-39(42(28-35)55(73)74)49-40-22-19-37(65)29-47(40)78-48-30-38(66)20-23-41(48)49;1-3-25-12-16-28(17-13-25)35(47)41-20-8-7-11-31(34(40)46)43-36(48)29(21-27-14-18-30(19-15-27)37(38,39)52(49,50)51)23-33(45)32(42-24(2)44)22-26-9-5-4-6-10-26/h10-23,28-31,43-45,65H,3-9,24-27,59H2,1-2H3,(H2,60,68)(H,61,70)(H,62,71)(H,63,72)(H,64,69)(H,73,74)(H2,75,76,77);4-6,9-10,12-19,29,31-32H,3,7-8,11,20-23H2,1-2H3,(H2,40,46)(H,41,47)(H,42,44)(H,43,48)(H2,49,50,51). The highest BCUT2D eigenvalue weighted by Crippen LogP contribution is 2.60. The van der Waals surface area contributed by atoms with E-state index in [1.54, 1.807) is 60.7 Å². The number of primary amides is 2. The van der Waals surface area contributed by atoms with Crippen LogP contribution in [-0.4, -0.2) is 150 Å². The van der Waals surface area contributed by atoms with Gasteiger partial charge in [-0.2, -0.15) is 17.6 Å². The predicted molar refractivity (Wildman–Crippen MR) is 477 cm³/mol. The number of phenolic OH excluding ortho intramolecular Hbond substituents is 1. The first-order valence-electron chi connectivity index (χ1n) is 42.2. The summed E-state index contributed by atoms with van der Waals surface area (Å²) in [5, 5.41) is 39.6. The fourth-order valence-electron chi connectivity index (χ4n) is 14.3. The number of carbonyl (C=O) groups is 12. The van der Waals surface area contributed by atoms with Crippen LogP contribution in [0.4, 0.5) is 17.6 Å². The number of Topliss-reactive ketones (excluding diaryl/α,β-unsaturated/α-hetero) is 2. The molecular formula is C93H106F4N10O22P2. The number of rotatable bonds is 47. The van der Waals surface area contributed by atoms with Crippen molar-refractivity contribution in [1.29, 1.82) is 0 Å². The van der Waals surface area contributed by atoms with Crippen molar-refractivity contribution in [2.75, 3.05) is 19.6 Å². The number of benzene rings is 8. The summed E-state index contributed by atoms with van der Waals surface area (Å²) >= 11 is 0. The van der Waals surface area contributed by atoms with E-state index in [1.165, 1.54) is 62.4 Å². The van der Waals surface area contributed by atoms with E-state index < -0.39 is 151 Å². The number of carboxylic acid groups (broad SMARTS) is 1. The van der Waals surface area contributed by atoms with Crippen LogP contribution in [0.3, 0.4) is 0 Å². The molecule has 131 heavy (non-hydrogen) atoms. The quantitative estimate of drug-likeness (QED) is 0.00729. The molecule has 0 bridgehead atoms. The van der Waals surface area contributed by atoms with E-state index in [4.69, 9.17) is 41.2 Å². The lowest BCUT2D eigenvalue weighted by Crippen LogP contribution is -2.50. The SMILES string of the molecule is CCc1ccc(C(=O)NCCCCC(NC(=O)C(CC(=O)C(Cc2ccccc2)NC(C)=O)Cc2ccc(C(F)(F)P(=O)(O)O)cc2)C(N)=O)cc1.CCc1ccc(C(=O)NCCCCC(NC(=O)C(N)Cc2ccc(C(F)(F)P(=O)(O)O)cc2)C(=O)CC(C)C(=O)NC(CCCCNC(=O)c2ccc(-c3c4ccc(=O)cc-4oc4cc(O)ccc34)c(C(=O)O)c2)C(N)=O)cc1. The van der Waals surface area contributed by atoms with Crippen LogP contribution < -0.4 is 59.8 Å². The number of nitrogens with one attached hydrogen (secondary N) is 7. The fraction of sp³-hybridized carbons (Fsp3) is 0.344. The second kappa shape index (κ2) is 47.6. The minimum absolute atomic E-state index is 0.0190. The number of amides is 9. The van der Waals surface area contributed by atoms with Gasteiger partial charge in [-0.15, -0.1) is 0 Å². The predicted octanol–water partition coefficient (Wildman–Crippen LogP) is 9.79. The number of unbranched alkanes of at least 4 members (excludes halogenated alkanes) is 3. The van der Waals surface area contributed by atoms with E-state index in [2.05, 4.69) is 37.2 Å². The molecule has 9 amide bonds. The van der Waals surface area contributed by atoms with Crippen molar-refractivity contribution in [3.05, 3.63) is 253 Å². The van der Waals surface area contributed by atoms with E-state index in [0.29, 0.717) is 66.3 Å². The Morgan fingerprint density at radius 3 is 1.37 bits per heavy atom. The van der Waals surface area contributed by atoms with Crippen LogP contribution in [-0.2, 0) is 90.9 Å². The number of carbonyl (C=O) groups excluding carboxylic acids is 11. The molecule has 7 aromatic carbocycles. The molecule has 698 valence electrons. The van der Waals surface area contributed by atoms with Crippen LogP contribution >= 0.6 is 15.2 Å². The van der Waals surface area contributed by atoms with Crippen molar-refractivity contribution in [3.8, 4) is 28.2 Å². The number of phenols is 1. The summed E-state index contributed by atoms with van der Waals surface area (Å²) in [6, 6.07) is 37.7.